The van der Waals surface area contributed by atoms with Gasteiger partial charge in [0.05, 0.1) is 5.39 Å². The van der Waals surface area contributed by atoms with Gasteiger partial charge < -0.3 is 5.32 Å². The Morgan fingerprint density at radius 2 is 2.06 bits per heavy atom. The molecule has 0 amide bonds. The highest BCUT2D eigenvalue weighted by atomic mass is 32.1. The van der Waals surface area contributed by atoms with Crippen LogP contribution in [-0.4, -0.2) is 16.5 Å². The van der Waals surface area contributed by atoms with Gasteiger partial charge in [0, 0.05) is 11.4 Å². The monoisotopic (exact) mass is 263 g/mol. The second-order valence-electron chi connectivity index (χ2n) is 5.15. The summed E-state index contributed by atoms with van der Waals surface area (Å²) in [6, 6.07) is 0. The summed E-state index contributed by atoms with van der Waals surface area (Å²) in [6.45, 7) is 9.80. The van der Waals surface area contributed by atoms with Crippen LogP contribution in [-0.2, 0) is 0 Å². The Labute approximate surface area is 113 Å². The van der Waals surface area contributed by atoms with Crippen LogP contribution in [0.2, 0.25) is 0 Å². The highest BCUT2D eigenvalue weighted by Gasteiger charge is 2.11. The Bertz CT molecular complexity index is 531. The lowest BCUT2D eigenvalue weighted by molar-refractivity contribution is 0.567. The molecule has 0 aliphatic heterocycles. The van der Waals surface area contributed by atoms with E-state index in [-0.39, 0.29) is 0 Å². The number of aryl methyl sites for hydroxylation is 2. The summed E-state index contributed by atoms with van der Waals surface area (Å²) in [6.07, 6.45) is 4.09. The molecule has 0 aliphatic carbocycles. The minimum Gasteiger partial charge on any atom is -0.369 e. The van der Waals surface area contributed by atoms with Gasteiger partial charge >= 0.3 is 0 Å². The molecule has 1 N–H and O–H groups in total. The van der Waals surface area contributed by atoms with Crippen LogP contribution in [0.3, 0.4) is 0 Å². The summed E-state index contributed by atoms with van der Waals surface area (Å²) in [7, 11) is 0. The van der Waals surface area contributed by atoms with Crippen LogP contribution in [0.15, 0.2) is 6.33 Å². The SMILES string of the molecule is Cc1sc2ncnc(NCCCC(C)C)c2c1C. The van der Waals surface area contributed by atoms with Crippen LogP contribution in [0.5, 0.6) is 0 Å². The van der Waals surface area contributed by atoms with Crippen LogP contribution in [0.25, 0.3) is 10.2 Å². The Morgan fingerprint density at radius 1 is 1.28 bits per heavy atom. The van der Waals surface area contributed by atoms with Gasteiger partial charge in [-0.2, -0.15) is 0 Å². The van der Waals surface area contributed by atoms with Gasteiger partial charge in [-0.25, -0.2) is 9.97 Å². The molecule has 0 fully saturated rings. The van der Waals surface area contributed by atoms with Crippen molar-refractivity contribution >= 4 is 27.4 Å². The molecule has 2 heterocycles. The quantitative estimate of drug-likeness (QED) is 0.823. The lowest BCUT2D eigenvalue weighted by Crippen LogP contribution is -2.05. The van der Waals surface area contributed by atoms with Gasteiger partial charge in [0.25, 0.3) is 0 Å². The molecular formula is C14H21N3S. The number of anilines is 1. The molecule has 0 aliphatic rings. The van der Waals surface area contributed by atoms with E-state index in [9.17, 15) is 0 Å². The van der Waals surface area contributed by atoms with Gasteiger partial charge in [-0.15, -0.1) is 11.3 Å². The summed E-state index contributed by atoms with van der Waals surface area (Å²) in [5, 5.41) is 4.65. The normalized spacial score (nSPS) is 11.4. The van der Waals surface area contributed by atoms with E-state index >= 15 is 0 Å². The molecule has 0 saturated heterocycles. The molecule has 0 radical (unpaired) electrons. The van der Waals surface area contributed by atoms with Gasteiger partial charge in [-0.3, -0.25) is 0 Å². The van der Waals surface area contributed by atoms with Crippen LogP contribution in [0.4, 0.5) is 5.82 Å². The molecule has 0 spiro atoms. The van der Waals surface area contributed by atoms with Crippen LogP contribution in [0, 0.1) is 19.8 Å². The zero-order valence-electron chi connectivity index (χ0n) is 11.6. The lowest BCUT2D eigenvalue weighted by atomic mass is 10.1. The number of nitrogens with one attached hydrogen (secondary N) is 1. The van der Waals surface area contributed by atoms with Crippen LogP contribution in [0.1, 0.15) is 37.1 Å². The highest BCUT2D eigenvalue weighted by Crippen LogP contribution is 2.32. The molecule has 2 rings (SSSR count). The van der Waals surface area contributed by atoms with E-state index in [1.165, 1.54) is 28.7 Å². The number of aromatic nitrogens is 2. The zero-order chi connectivity index (χ0) is 13.1. The van der Waals surface area contributed by atoms with Crippen molar-refractivity contribution in [3.8, 4) is 0 Å². The maximum absolute atomic E-state index is 4.38. The van der Waals surface area contributed by atoms with Gasteiger partial charge in [-0.1, -0.05) is 13.8 Å². The average molecular weight is 263 g/mol. The van der Waals surface area contributed by atoms with Crippen molar-refractivity contribution in [1.82, 2.24) is 9.97 Å². The van der Waals surface area contributed by atoms with E-state index in [0.29, 0.717) is 0 Å². The van der Waals surface area contributed by atoms with E-state index in [1.807, 2.05) is 0 Å². The second kappa shape index (κ2) is 5.65. The van der Waals surface area contributed by atoms with Gasteiger partial charge in [0.15, 0.2) is 0 Å². The Kier molecular flexibility index (Phi) is 4.17. The molecule has 98 valence electrons. The van der Waals surface area contributed by atoms with Gasteiger partial charge in [-0.05, 0) is 38.2 Å². The predicted molar refractivity (Wildman–Crippen MR) is 79.5 cm³/mol. The van der Waals surface area contributed by atoms with Crippen LogP contribution >= 0.6 is 11.3 Å². The van der Waals surface area contributed by atoms with E-state index < -0.39 is 0 Å². The first kappa shape index (κ1) is 13.3. The molecule has 2 aromatic rings. The Morgan fingerprint density at radius 3 is 2.78 bits per heavy atom. The number of thiophene rings is 1. The second-order valence-corrected chi connectivity index (χ2v) is 6.35. The largest absolute Gasteiger partial charge is 0.369 e. The predicted octanol–water partition coefficient (Wildman–Crippen LogP) is 4.16. The van der Waals surface area contributed by atoms with Crippen molar-refractivity contribution in [2.45, 2.75) is 40.5 Å². The van der Waals surface area contributed by atoms with E-state index in [2.05, 4.69) is 43.0 Å². The number of nitrogens with zero attached hydrogens (tertiary/aromatic N) is 2. The minimum absolute atomic E-state index is 0.766. The highest BCUT2D eigenvalue weighted by molar-refractivity contribution is 7.18. The third-order valence-electron chi connectivity index (χ3n) is 3.22. The molecule has 0 bridgehead atoms. The summed E-state index contributed by atoms with van der Waals surface area (Å²) >= 11 is 1.75. The summed E-state index contributed by atoms with van der Waals surface area (Å²) in [5.74, 6) is 1.76. The first-order chi connectivity index (χ1) is 8.59. The lowest BCUT2D eigenvalue weighted by Gasteiger charge is -2.08. The van der Waals surface area contributed by atoms with Crippen LogP contribution < -0.4 is 5.32 Å². The fourth-order valence-corrected chi connectivity index (χ4v) is 3.03. The van der Waals surface area contributed by atoms with Crippen molar-refractivity contribution in [1.29, 1.82) is 0 Å². The number of fused-ring (bicyclic) bond motifs is 1. The smallest absolute Gasteiger partial charge is 0.138 e. The number of hydrogen-bond acceptors (Lipinski definition) is 4. The van der Waals surface area contributed by atoms with Crippen molar-refractivity contribution in [3.63, 3.8) is 0 Å². The standard InChI is InChI=1S/C14H21N3S/c1-9(2)6-5-7-15-13-12-10(3)11(4)18-14(12)17-8-16-13/h8-9H,5-7H2,1-4H3,(H,15,16,17). The molecule has 18 heavy (non-hydrogen) atoms. The topological polar surface area (TPSA) is 37.8 Å². The number of hydrogen-bond donors (Lipinski definition) is 1. The van der Waals surface area contributed by atoms with E-state index in [1.54, 1.807) is 17.7 Å². The zero-order valence-corrected chi connectivity index (χ0v) is 12.4. The molecule has 0 saturated carbocycles. The molecule has 3 nitrogen and oxygen atoms in total. The first-order valence-corrected chi connectivity index (χ1v) is 7.35. The maximum Gasteiger partial charge on any atom is 0.138 e. The summed E-state index contributed by atoms with van der Waals surface area (Å²) in [5.41, 5.74) is 1.31. The van der Waals surface area contributed by atoms with Gasteiger partial charge in [0.1, 0.15) is 17.0 Å². The van der Waals surface area contributed by atoms with Crippen molar-refractivity contribution in [2.75, 3.05) is 11.9 Å². The van der Waals surface area contributed by atoms with Gasteiger partial charge in [0.2, 0.25) is 0 Å². The molecular weight excluding hydrogens is 242 g/mol. The summed E-state index contributed by atoms with van der Waals surface area (Å²) in [4.78, 5) is 11.1. The molecule has 4 heteroatoms. The third-order valence-corrected chi connectivity index (χ3v) is 4.33. The van der Waals surface area contributed by atoms with Crippen molar-refractivity contribution in [3.05, 3.63) is 16.8 Å². The Hall–Kier alpha value is -1.16. The fraction of sp³-hybridized carbons (Fsp3) is 0.571. The average Bonchev–Trinajstić information content (AvgIpc) is 2.61. The van der Waals surface area contributed by atoms with Crippen molar-refractivity contribution < 1.29 is 0 Å². The van der Waals surface area contributed by atoms with E-state index in [4.69, 9.17) is 0 Å². The fourth-order valence-electron chi connectivity index (χ4n) is 2.03. The molecule has 0 atom stereocenters. The third kappa shape index (κ3) is 2.80. The van der Waals surface area contributed by atoms with Crippen molar-refractivity contribution in [2.24, 2.45) is 5.92 Å². The minimum atomic E-state index is 0.766. The molecule has 0 unspecified atom stereocenters. The maximum atomic E-state index is 4.38. The molecule has 2 aromatic heterocycles. The number of rotatable bonds is 5. The molecule has 0 aromatic carbocycles. The van der Waals surface area contributed by atoms with E-state index in [0.717, 1.165) is 23.1 Å². The Balaban J connectivity index is 2.13. The summed E-state index contributed by atoms with van der Waals surface area (Å²) < 4.78 is 0. The first-order valence-electron chi connectivity index (χ1n) is 6.54.